The number of ether oxygens (including phenoxy) is 1. The number of hydrogen-bond acceptors (Lipinski definition) is 2. The molecule has 0 bridgehead atoms. The van der Waals surface area contributed by atoms with Crippen LogP contribution in [0.25, 0.3) is 0 Å². The molecule has 0 spiro atoms. The van der Waals surface area contributed by atoms with Gasteiger partial charge in [-0.1, -0.05) is 75.1 Å². The number of rotatable bonds is 13. The van der Waals surface area contributed by atoms with E-state index in [1.807, 2.05) is 6.07 Å². The summed E-state index contributed by atoms with van der Waals surface area (Å²) in [6.45, 7) is 4.59. The minimum Gasteiger partial charge on any atom is -0.380 e. The van der Waals surface area contributed by atoms with Crippen molar-refractivity contribution in [3.63, 3.8) is 0 Å². The Morgan fingerprint density at radius 1 is 0.957 bits per heavy atom. The van der Waals surface area contributed by atoms with E-state index >= 15 is 0 Å². The Labute approximate surface area is 151 Å². The Kier molecular flexibility index (Phi) is 11.8. The van der Waals surface area contributed by atoms with Gasteiger partial charge >= 0.3 is 0 Å². The summed E-state index contributed by atoms with van der Waals surface area (Å²) >= 11 is 12.4. The molecule has 1 rings (SSSR count). The van der Waals surface area contributed by atoms with E-state index in [0.717, 1.165) is 24.2 Å². The topological polar surface area (TPSA) is 21.3 Å². The molecule has 0 radical (unpaired) electrons. The minimum absolute atomic E-state index is 0.537. The predicted octanol–water partition coefficient (Wildman–Crippen LogP) is 6.37. The van der Waals surface area contributed by atoms with Crippen molar-refractivity contribution in [3.05, 3.63) is 33.3 Å². The molecule has 0 aliphatic carbocycles. The van der Waals surface area contributed by atoms with E-state index < -0.39 is 0 Å². The Hall–Kier alpha value is -0.280. The highest BCUT2D eigenvalue weighted by molar-refractivity contribution is 6.35. The normalized spacial score (nSPS) is 11.1. The van der Waals surface area contributed by atoms with Crippen molar-refractivity contribution >= 4 is 23.2 Å². The lowest BCUT2D eigenvalue weighted by Gasteiger charge is -2.13. The van der Waals surface area contributed by atoms with Crippen LogP contribution < -0.4 is 5.32 Å². The van der Waals surface area contributed by atoms with E-state index in [-0.39, 0.29) is 0 Å². The predicted molar refractivity (Wildman–Crippen MR) is 101 cm³/mol. The highest BCUT2D eigenvalue weighted by atomic mass is 35.5. The summed E-state index contributed by atoms with van der Waals surface area (Å²) in [5, 5.41) is 4.87. The molecule has 132 valence electrons. The van der Waals surface area contributed by atoms with E-state index in [2.05, 4.69) is 12.2 Å². The summed E-state index contributed by atoms with van der Waals surface area (Å²) in [7, 11) is 1.69. The van der Waals surface area contributed by atoms with Crippen LogP contribution in [0.15, 0.2) is 12.1 Å². The minimum atomic E-state index is 0.537. The first kappa shape index (κ1) is 20.8. The number of unbranched alkanes of at least 4 members (excludes halogenated alkanes) is 7. The largest absolute Gasteiger partial charge is 0.380 e. The van der Waals surface area contributed by atoms with E-state index in [4.69, 9.17) is 27.9 Å². The molecule has 0 aromatic heterocycles. The Morgan fingerprint density at radius 3 is 2.26 bits per heavy atom. The van der Waals surface area contributed by atoms with Gasteiger partial charge in [0.05, 0.1) is 6.61 Å². The zero-order chi connectivity index (χ0) is 16.9. The van der Waals surface area contributed by atoms with Crippen molar-refractivity contribution in [2.24, 2.45) is 0 Å². The quantitative estimate of drug-likeness (QED) is 0.413. The smallest absolute Gasteiger partial charge is 0.0717 e. The van der Waals surface area contributed by atoms with Crippen molar-refractivity contribution in [1.29, 1.82) is 0 Å². The zero-order valence-corrected chi connectivity index (χ0v) is 16.1. The molecule has 1 aromatic carbocycles. The van der Waals surface area contributed by atoms with Gasteiger partial charge in [-0.15, -0.1) is 0 Å². The summed E-state index contributed by atoms with van der Waals surface area (Å²) in [6.07, 6.45) is 10.7. The second kappa shape index (κ2) is 13.1. The second-order valence-electron chi connectivity index (χ2n) is 6.11. The van der Waals surface area contributed by atoms with Crippen LogP contribution in [0.1, 0.15) is 69.4 Å². The van der Waals surface area contributed by atoms with Crippen molar-refractivity contribution in [2.45, 2.75) is 71.4 Å². The molecule has 1 N–H and O–H groups in total. The van der Waals surface area contributed by atoms with Crippen molar-refractivity contribution < 1.29 is 4.74 Å². The van der Waals surface area contributed by atoms with Gasteiger partial charge in [0, 0.05) is 23.7 Å². The first-order chi connectivity index (χ1) is 11.2. The van der Waals surface area contributed by atoms with E-state index in [1.165, 1.54) is 51.4 Å². The highest BCUT2D eigenvalue weighted by Gasteiger charge is 2.08. The molecule has 0 aliphatic heterocycles. The third-order valence-electron chi connectivity index (χ3n) is 4.06. The number of halogens is 2. The van der Waals surface area contributed by atoms with Gasteiger partial charge in [0.25, 0.3) is 0 Å². The number of methoxy groups -OCH3 is 1. The van der Waals surface area contributed by atoms with Gasteiger partial charge in [0.2, 0.25) is 0 Å². The summed E-state index contributed by atoms with van der Waals surface area (Å²) in [5.74, 6) is 0. The van der Waals surface area contributed by atoms with Gasteiger partial charge in [-0.05, 0) is 36.2 Å². The first-order valence-corrected chi connectivity index (χ1v) is 9.61. The van der Waals surface area contributed by atoms with Gasteiger partial charge in [-0.25, -0.2) is 0 Å². The third kappa shape index (κ3) is 8.95. The van der Waals surface area contributed by atoms with Crippen LogP contribution in [-0.4, -0.2) is 13.7 Å². The van der Waals surface area contributed by atoms with Gasteiger partial charge in [0.1, 0.15) is 0 Å². The fourth-order valence-electron chi connectivity index (χ4n) is 2.74. The summed E-state index contributed by atoms with van der Waals surface area (Å²) in [5.41, 5.74) is 2.16. The van der Waals surface area contributed by atoms with Crippen molar-refractivity contribution in [3.8, 4) is 0 Å². The van der Waals surface area contributed by atoms with Gasteiger partial charge in [-0.2, -0.15) is 0 Å². The maximum absolute atomic E-state index is 6.31. The van der Waals surface area contributed by atoms with Crippen LogP contribution in [0.5, 0.6) is 0 Å². The molecule has 23 heavy (non-hydrogen) atoms. The van der Waals surface area contributed by atoms with Crippen LogP contribution in [0.4, 0.5) is 0 Å². The van der Waals surface area contributed by atoms with Gasteiger partial charge in [-0.3, -0.25) is 0 Å². The zero-order valence-electron chi connectivity index (χ0n) is 14.6. The fraction of sp³-hybridized carbons (Fsp3) is 0.684. The van der Waals surface area contributed by atoms with Crippen LogP contribution in [0, 0.1) is 0 Å². The van der Waals surface area contributed by atoms with Crippen LogP contribution in [0.2, 0.25) is 10.0 Å². The molecule has 0 unspecified atom stereocenters. The lowest BCUT2D eigenvalue weighted by atomic mass is 10.1. The van der Waals surface area contributed by atoms with E-state index in [9.17, 15) is 0 Å². The van der Waals surface area contributed by atoms with Crippen molar-refractivity contribution in [2.75, 3.05) is 13.7 Å². The van der Waals surface area contributed by atoms with E-state index in [0.29, 0.717) is 16.7 Å². The molecule has 2 nitrogen and oxygen atoms in total. The number of nitrogens with one attached hydrogen (secondary N) is 1. The van der Waals surface area contributed by atoms with Gasteiger partial charge in [0.15, 0.2) is 0 Å². The monoisotopic (exact) mass is 359 g/mol. The molecule has 4 heteroatoms. The SMILES string of the molecule is CCCCCCCCCCNCc1c(Cl)cc(Cl)cc1COC. The molecular weight excluding hydrogens is 329 g/mol. The van der Waals surface area contributed by atoms with Gasteiger partial charge < -0.3 is 10.1 Å². The van der Waals surface area contributed by atoms with E-state index in [1.54, 1.807) is 13.2 Å². The number of hydrogen-bond donors (Lipinski definition) is 1. The Bertz CT molecular complexity index is 438. The maximum Gasteiger partial charge on any atom is 0.0717 e. The standard InChI is InChI=1S/C19H31Cl2NO/c1-3-4-5-6-7-8-9-10-11-22-14-18-16(15-23-2)12-17(20)13-19(18)21/h12-13,22H,3-11,14-15H2,1-2H3. The Balaban J connectivity index is 2.20. The summed E-state index contributed by atoms with van der Waals surface area (Å²) < 4.78 is 5.23. The van der Waals surface area contributed by atoms with Crippen molar-refractivity contribution in [1.82, 2.24) is 5.32 Å². The molecule has 0 saturated carbocycles. The maximum atomic E-state index is 6.31. The molecule has 1 aromatic rings. The molecule has 0 heterocycles. The van der Waals surface area contributed by atoms with Crippen LogP contribution in [-0.2, 0) is 17.9 Å². The average Bonchev–Trinajstić information content (AvgIpc) is 2.51. The lowest BCUT2D eigenvalue weighted by Crippen LogP contribution is -2.16. The summed E-state index contributed by atoms with van der Waals surface area (Å²) in [6, 6.07) is 3.74. The average molecular weight is 360 g/mol. The lowest BCUT2D eigenvalue weighted by molar-refractivity contribution is 0.184. The summed E-state index contributed by atoms with van der Waals surface area (Å²) in [4.78, 5) is 0. The fourth-order valence-corrected chi connectivity index (χ4v) is 3.34. The molecule has 0 amide bonds. The first-order valence-electron chi connectivity index (χ1n) is 8.85. The third-order valence-corrected chi connectivity index (χ3v) is 4.62. The molecule has 0 fully saturated rings. The molecule has 0 atom stereocenters. The Morgan fingerprint density at radius 2 is 1.61 bits per heavy atom. The number of benzene rings is 1. The molecule has 0 aliphatic rings. The second-order valence-corrected chi connectivity index (χ2v) is 6.95. The van der Waals surface area contributed by atoms with Crippen LogP contribution in [0.3, 0.4) is 0 Å². The van der Waals surface area contributed by atoms with Crippen LogP contribution >= 0.6 is 23.2 Å². The molecular formula is C19H31Cl2NO. The molecule has 0 saturated heterocycles. The highest BCUT2D eigenvalue weighted by Crippen LogP contribution is 2.26.